The lowest BCUT2D eigenvalue weighted by molar-refractivity contribution is 0.102. The van der Waals surface area contributed by atoms with Gasteiger partial charge in [-0.25, -0.2) is 0 Å². The van der Waals surface area contributed by atoms with E-state index >= 15 is 9.59 Å². The SMILES string of the molecule is O=C(c1ccccc1)c1cc(N2c3ccccc3B(c3ccccc3)c3ccccc32)c(C(=O)c2ccccc2)cc1N1c2ccccc2B(c2ccccc2)c2ccccc21. The van der Waals surface area contributed by atoms with Crippen molar-refractivity contribution >= 4 is 91.9 Å². The van der Waals surface area contributed by atoms with E-state index in [0.29, 0.717) is 33.6 Å². The van der Waals surface area contributed by atoms with E-state index in [1.807, 2.05) is 84.9 Å². The molecular formula is C56H38B2N2O2. The average Bonchev–Trinajstić information content (AvgIpc) is 3.35. The first kappa shape index (κ1) is 37.1. The summed E-state index contributed by atoms with van der Waals surface area (Å²) in [6, 6.07) is 77.8. The Morgan fingerprint density at radius 3 is 0.855 bits per heavy atom. The van der Waals surface area contributed by atoms with E-state index in [4.69, 9.17) is 0 Å². The zero-order valence-corrected chi connectivity index (χ0v) is 33.8. The first-order valence-electron chi connectivity index (χ1n) is 21.1. The molecule has 9 aromatic carbocycles. The number of anilines is 6. The van der Waals surface area contributed by atoms with Gasteiger partial charge < -0.3 is 9.80 Å². The van der Waals surface area contributed by atoms with Crippen LogP contribution in [-0.4, -0.2) is 25.0 Å². The summed E-state index contributed by atoms with van der Waals surface area (Å²) >= 11 is 0. The van der Waals surface area contributed by atoms with E-state index in [-0.39, 0.29) is 25.0 Å². The van der Waals surface area contributed by atoms with Gasteiger partial charge in [-0.2, -0.15) is 0 Å². The molecule has 0 N–H and O–H groups in total. The maximum absolute atomic E-state index is 15.4. The van der Waals surface area contributed by atoms with Crippen LogP contribution in [0.2, 0.25) is 0 Å². The monoisotopic (exact) mass is 792 g/mol. The van der Waals surface area contributed by atoms with Crippen LogP contribution in [0.15, 0.2) is 231 Å². The minimum Gasteiger partial charge on any atom is -0.311 e. The molecule has 2 heterocycles. The molecule has 0 fully saturated rings. The summed E-state index contributed by atoms with van der Waals surface area (Å²) in [4.78, 5) is 35.2. The second-order valence-electron chi connectivity index (χ2n) is 15.9. The molecule has 0 aromatic heterocycles. The van der Waals surface area contributed by atoms with Crippen LogP contribution in [0.1, 0.15) is 31.8 Å². The number of hydrogen-bond acceptors (Lipinski definition) is 4. The van der Waals surface area contributed by atoms with E-state index in [1.165, 1.54) is 10.9 Å². The van der Waals surface area contributed by atoms with Crippen molar-refractivity contribution in [2.45, 2.75) is 0 Å². The number of para-hydroxylation sites is 4. The summed E-state index contributed by atoms with van der Waals surface area (Å²) in [6.07, 6.45) is 0. The summed E-state index contributed by atoms with van der Waals surface area (Å²) < 4.78 is 0. The molecule has 11 rings (SSSR count). The van der Waals surface area contributed by atoms with Gasteiger partial charge in [0.25, 0.3) is 0 Å². The normalized spacial score (nSPS) is 12.5. The lowest BCUT2D eigenvalue weighted by Crippen LogP contribution is -2.57. The second kappa shape index (κ2) is 15.6. The number of hydrogen-bond donors (Lipinski definition) is 0. The predicted molar refractivity (Wildman–Crippen MR) is 258 cm³/mol. The number of fused-ring (bicyclic) bond motifs is 4. The predicted octanol–water partition coefficient (Wildman–Crippen LogP) is 8.75. The van der Waals surface area contributed by atoms with Crippen LogP contribution in [-0.2, 0) is 0 Å². The van der Waals surface area contributed by atoms with Gasteiger partial charge in [-0.3, -0.25) is 9.59 Å². The Kier molecular flexibility index (Phi) is 9.32. The maximum atomic E-state index is 15.4. The minimum atomic E-state index is -0.138. The van der Waals surface area contributed by atoms with Crippen molar-refractivity contribution in [3.8, 4) is 0 Å². The molecule has 0 radical (unpaired) electrons. The van der Waals surface area contributed by atoms with Gasteiger partial charge in [-0.15, -0.1) is 0 Å². The molecule has 0 aliphatic carbocycles. The third-order valence-electron chi connectivity index (χ3n) is 12.4. The van der Waals surface area contributed by atoms with Crippen LogP contribution in [0, 0.1) is 0 Å². The first-order valence-corrected chi connectivity index (χ1v) is 21.1. The molecule has 0 atom stereocenters. The molecule has 2 aliphatic rings. The van der Waals surface area contributed by atoms with Gasteiger partial charge in [0.2, 0.25) is 13.4 Å². The fraction of sp³-hybridized carbons (Fsp3) is 0. The lowest BCUT2D eigenvalue weighted by atomic mass is 9.35. The smallest absolute Gasteiger partial charge is 0.246 e. The Morgan fingerprint density at radius 1 is 0.290 bits per heavy atom. The third kappa shape index (κ3) is 6.19. The van der Waals surface area contributed by atoms with Crippen molar-refractivity contribution in [1.82, 2.24) is 0 Å². The number of carbonyl (C=O) groups is 2. The summed E-state index contributed by atoms with van der Waals surface area (Å²) in [6.45, 7) is -0.0894. The highest BCUT2D eigenvalue weighted by Crippen LogP contribution is 2.45. The zero-order chi connectivity index (χ0) is 41.6. The molecule has 0 amide bonds. The highest BCUT2D eigenvalue weighted by Gasteiger charge is 2.40. The Labute approximate surface area is 362 Å². The highest BCUT2D eigenvalue weighted by atomic mass is 16.1. The molecule has 0 unspecified atom stereocenters. The van der Waals surface area contributed by atoms with E-state index in [1.54, 1.807) is 0 Å². The van der Waals surface area contributed by atoms with E-state index in [2.05, 4.69) is 155 Å². The summed E-state index contributed by atoms with van der Waals surface area (Å²) in [5, 5.41) is 0. The van der Waals surface area contributed by atoms with Crippen LogP contribution in [0.3, 0.4) is 0 Å². The average molecular weight is 793 g/mol. The van der Waals surface area contributed by atoms with Gasteiger partial charge in [-0.05, 0) is 58.2 Å². The van der Waals surface area contributed by atoms with Gasteiger partial charge in [0.1, 0.15) is 0 Å². The maximum Gasteiger partial charge on any atom is 0.246 e. The molecule has 6 heteroatoms. The van der Waals surface area contributed by atoms with Crippen LogP contribution in [0.25, 0.3) is 0 Å². The molecule has 62 heavy (non-hydrogen) atoms. The highest BCUT2D eigenvalue weighted by molar-refractivity contribution is 6.98. The van der Waals surface area contributed by atoms with Crippen LogP contribution < -0.4 is 42.6 Å². The fourth-order valence-electron chi connectivity index (χ4n) is 9.66. The second-order valence-corrected chi connectivity index (χ2v) is 15.9. The Balaban J connectivity index is 1.22. The summed E-state index contributed by atoms with van der Waals surface area (Å²) in [5.41, 5.74) is 14.0. The lowest BCUT2D eigenvalue weighted by Gasteiger charge is -2.40. The quantitative estimate of drug-likeness (QED) is 0.114. The van der Waals surface area contributed by atoms with Gasteiger partial charge in [0.05, 0.1) is 11.4 Å². The van der Waals surface area contributed by atoms with Crippen LogP contribution in [0.4, 0.5) is 34.1 Å². The fourth-order valence-corrected chi connectivity index (χ4v) is 9.66. The Hall–Kier alpha value is -7.95. The van der Waals surface area contributed by atoms with Gasteiger partial charge in [0.15, 0.2) is 11.6 Å². The van der Waals surface area contributed by atoms with Crippen LogP contribution in [0.5, 0.6) is 0 Å². The van der Waals surface area contributed by atoms with Gasteiger partial charge in [-0.1, -0.05) is 205 Å². The van der Waals surface area contributed by atoms with Crippen molar-refractivity contribution in [2.75, 3.05) is 9.80 Å². The molecule has 290 valence electrons. The van der Waals surface area contributed by atoms with Gasteiger partial charge in [0, 0.05) is 45.0 Å². The summed E-state index contributed by atoms with van der Waals surface area (Å²) in [5.74, 6) is -0.275. The van der Waals surface area contributed by atoms with E-state index in [0.717, 1.165) is 44.6 Å². The Morgan fingerprint density at radius 2 is 0.548 bits per heavy atom. The van der Waals surface area contributed by atoms with Crippen molar-refractivity contribution < 1.29 is 9.59 Å². The van der Waals surface area contributed by atoms with Crippen molar-refractivity contribution in [3.05, 3.63) is 253 Å². The topological polar surface area (TPSA) is 40.6 Å². The first-order chi connectivity index (χ1) is 30.7. The molecule has 9 aromatic rings. The van der Waals surface area contributed by atoms with E-state index in [9.17, 15) is 0 Å². The van der Waals surface area contributed by atoms with Crippen molar-refractivity contribution in [3.63, 3.8) is 0 Å². The standard InChI is InChI=1S/C56H38B2N2O2/c61-55(39-21-5-1-6-22-39)43-37-54(60-51-35-19-15-31-47(51)58(42-27-11-4-12-28-42)48-32-16-20-36-52(48)60)44(56(62)40-23-7-2-8-24-40)38-53(43)59-49-33-17-13-29-45(49)57(41-25-9-3-10-26-41)46-30-14-18-34-50(46)59/h1-38H. The van der Waals surface area contributed by atoms with Crippen molar-refractivity contribution in [1.29, 1.82) is 0 Å². The molecule has 0 spiro atoms. The molecule has 4 nitrogen and oxygen atoms in total. The molecule has 0 bridgehead atoms. The van der Waals surface area contributed by atoms with Gasteiger partial charge >= 0.3 is 0 Å². The number of rotatable bonds is 8. The largest absolute Gasteiger partial charge is 0.311 e. The number of benzene rings is 9. The Bertz CT molecular complexity index is 2830. The molecular weight excluding hydrogens is 754 g/mol. The van der Waals surface area contributed by atoms with Crippen molar-refractivity contribution in [2.24, 2.45) is 0 Å². The van der Waals surface area contributed by atoms with E-state index < -0.39 is 0 Å². The zero-order valence-electron chi connectivity index (χ0n) is 33.8. The molecule has 0 saturated carbocycles. The minimum absolute atomic E-state index is 0.0447. The number of nitrogens with zero attached hydrogens (tertiary/aromatic N) is 2. The number of ketones is 2. The number of carbonyl (C=O) groups excluding carboxylic acids is 2. The molecule has 2 aliphatic heterocycles. The third-order valence-corrected chi connectivity index (χ3v) is 12.4. The summed E-state index contributed by atoms with van der Waals surface area (Å²) in [7, 11) is 0. The molecule has 0 saturated heterocycles. The van der Waals surface area contributed by atoms with Crippen LogP contribution >= 0.6 is 0 Å².